The van der Waals surface area contributed by atoms with Crippen LogP contribution in [-0.2, 0) is 24.7 Å². The van der Waals surface area contributed by atoms with Gasteiger partial charge in [0.25, 0.3) is 5.91 Å². The number of rotatable bonds is 7. The molecule has 4 amide bonds. The molecule has 1 heterocycles. The number of methoxy groups -OCH3 is 1. The van der Waals surface area contributed by atoms with E-state index in [1.165, 1.54) is 7.11 Å². The second-order valence-corrected chi connectivity index (χ2v) is 8.12. The lowest BCUT2D eigenvalue weighted by Gasteiger charge is -2.23. The van der Waals surface area contributed by atoms with Crippen molar-refractivity contribution in [3.05, 3.63) is 70.8 Å². The smallest absolute Gasteiger partial charge is 0.325 e. The zero-order valence-corrected chi connectivity index (χ0v) is 18.6. The first kappa shape index (κ1) is 23.0. The number of imide groups is 1. The van der Waals surface area contributed by atoms with Gasteiger partial charge in [0.1, 0.15) is 12.1 Å². The van der Waals surface area contributed by atoms with Gasteiger partial charge in [0, 0.05) is 0 Å². The van der Waals surface area contributed by atoms with E-state index in [0.717, 1.165) is 21.6 Å². The van der Waals surface area contributed by atoms with Crippen molar-refractivity contribution in [3.63, 3.8) is 0 Å². The van der Waals surface area contributed by atoms with Crippen LogP contribution in [0.5, 0.6) is 0 Å². The Balaban J connectivity index is 1.75. The van der Waals surface area contributed by atoms with Crippen molar-refractivity contribution in [1.82, 2.24) is 15.5 Å². The topological polar surface area (TPSA) is 105 Å². The molecule has 8 heteroatoms. The Morgan fingerprint density at radius 2 is 1.59 bits per heavy atom. The van der Waals surface area contributed by atoms with E-state index >= 15 is 0 Å². The summed E-state index contributed by atoms with van der Waals surface area (Å²) in [5.74, 6) is -1.56. The number of esters is 1. The summed E-state index contributed by atoms with van der Waals surface area (Å²) in [6.07, 6.45) is -0.0769. The van der Waals surface area contributed by atoms with Crippen LogP contribution in [0.1, 0.15) is 41.6 Å². The summed E-state index contributed by atoms with van der Waals surface area (Å²) in [6.45, 7) is 5.01. The molecule has 1 fully saturated rings. The summed E-state index contributed by atoms with van der Waals surface area (Å²) >= 11 is 0. The number of urea groups is 1. The van der Waals surface area contributed by atoms with E-state index in [1.807, 2.05) is 50.2 Å². The molecule has 32 heavy (non-hydrogen) atoms. The predicted molar refractivity (Wildman–Crippen MR) is 117 cm³/mol. The van der Waals surface area contributed by atoms with Gasteiger partial charge in [-0.1, -0.05) is 59.7 Å². The molecule has 8 nitrogen and oxygen atoms in total. The van der Waals surface area contributed by atoms with E-state index in [4.69, 9.17) is 4.74 Å². The van der Waals surface area contributed by atoms with E-state index in [-0.39, 0.29) is 6.42 Å². The minimum Gasteiger partial charge on any atom is -0.469 e. The molecule has 1 saturated heterocycles. The average Bonchev–Trinajstić information content (AvgIpc) is 2.98. The van der Waals surface area contributed by atoms with Crippen LogP contribution in [0.3, 0.4) is 0 Å². The fraction of sp³-hybridized carbons (Fsp3) is 0.333. The number of ether oxygens (including phenoxy) is 1. The molecule has 0 bridgehead atoms. The van der Waals surface area contributed by atoms with Gasteiger partial charge in [-0.15, -0.1) is 0 Å². The van der Waals surface area contributed by atoms with Gasteiger partial charge < -0.3 is 15.4 Å². The lowest BCUT2D eigenvalue weighted by molar-refractivity contribution is -0.141. The third kappa shape index (κ3) is 4.80. The second-order valence-electron chi connectivity index (χ2n) is 8.12. The third-order valence-electron chi connectivity index (χ3n) is 5.62. The van der Waals surface area contributed by atoms with Crippen LogP contribution in [0, 0.1) is 13.8 Å². The highest BCUT2D eigenvalue weighted by Crippen LogP contribution is 2.29. The number of hydrogen-bond acceptors (Lipinski definition) is 5. The quantitative estimate of drug-likeness (QED) is 0.512. The Morgan fingerprint density at radius 1 is 1.03 bits per heavy atom. The maximum Gasteiger partial charge on any atom is 0.325 e. The van der Waals surface area contributed by atoms with E-state index < -0.39 is 41.9 Å². The first-order valence-electron chi connectivity index (χ1n) is 10.3. The van der Waals surface area contributed by atoms with Gasteiger partial charge in [0.05, 0.1) is 19.6 Å². The summed E-state index contributed by atoms with van der Waals surface area (Å²) in [4.78, 5) is 51.1. The summed E-state index contributed by atoms with van der Waals surface area (Å²) in [6, 6.07) is 13.3. The van der Waals surface area contributed by atoms with Crippen molar-refractivity contribution >= 4 is 23.8 Å². The fourth-order valence-electron chi connectivity index (χ4n) is 3.61. The lowest BCUT2D eigenvalue weighted by atomic mass is 9.91. The normalized spacial score (nSPS) is 18.8. The highest BCUT2D eigenvalue weighted by atomic mass is 16.5. The Hall–Kier alpha value is -3.68. The van der Waals surface area contributed by atoms with Gasteiger partial charge in [0.2, 0.25) is 5.91 Å². The molecule has 2 aromatic rings. The molecule has 1 aliphatic heterocycles. The van der Waals surface area contributed by atoms with Crippen LogP contribution in [0.25, 0.3) is 0 Å². The molecule has 2 aromatic carbocycles. The van der Waals surface area contributed by atoms with Gasteiger partial charge in [-0.25, -0.2) is 4.79 Å². The molecule has 3 rings (SSSR count). The Kier molecular flexibility index (Phi) is 6.62. The highest BCUT2D eigenvalue weighted by molar-refractivity contribution is 6.09. The van der Waals surface area contributed by atoms with Gasteiger partial charge in [-0.05, 0) is 31.9 Å². The Bertz CT molecular complexity index is 1030. The van der Waals surface area contributed by atoms with Crippen LogP contribution in [0.15, 0.2) is 48.5 Å². The van der Waals surface area contributed by atoms with E-state index in [9.17, 15) is 19.2 Å². The number of carbonyl (C=O) groups excluding carboxylic acids is 4. The number of aryl methyl sites for hydroxylation is 2. The molecule has 0 spiro atoms. The molecule has 0 aliphatic carbocycles. The molecule has 1 aliphatic rings. The van der Waals surface area contributed by atoms with Crippen LogP contribution in [0.4, 0.5) is 4.79 Å². The zero-order chi connectivity index (χ0) is 23.5. The van der Waals surface area contributed by atoms with Crippen molar-refractivity contribution in [2.24, 2.45) is 0 Å². The predicted octanol–water partition coefficient (Wildman–Crippen LogP) is 2.49. The first-order valence-corrected chi connectivity index (χ1v) is 10.3. The Morgan fingerprint density at radius 3 is 2.16 bits per heavy atom. The molecule has 0 aromatic heterocycles. The summed E-state index contributed by atoms with van der Waals surface area (Å²) in [5.41, 5.74) is 2.15. The number of hydrogen-bond donors (Lipinski definition) is 2. The van der Waals surface area contributed by atoms with Crippen LogP contribution in [-0.4, -0.2) is 42.4 Å². The van der Waals surface area contributed by atoms with E-state index in [1.54, 1.807) is 19.1 Å². The number of nitrogens with zero attached hydrogens (tertiary/aromatic N) is 1. The van der Waals surface area contributed by atoms with Crippen LogP contribution in [0.2, 0.25) is 0 Å². The minimum absolute atomic E-state index is 0.0769. The number of nitrogens with one attached hydrogen (secondary N) is 2. The maximum absolute atomic E-state index is 13.1. The van der Waals surface area contributed by atoms with Crippen molar-refractivity contribution in [3.8, 4) is 0 Å². The Labute approximate surface area is 186 Å². The SMILES string of the molecule is COC(=O)CC(NC(=O)CN1C(=O)NC(C)(c2ccc(C)cc2)C1=O)c1ccc(C)cc1. The van der Waals surface area contributed by atoms with Gasteiger partial charge >= 0.3 is 12.0 Å². The summed E-state index contributed by atoms with van der Waals surface area (Å²) < 4.78 is 4.74. The third-order valence-corrected chi connectivity index (χ3v) is 5.62. The van der Waals surface area contributed by atoms with Crippen molar-refractivity contribution in [1.29, 1.82) is 0 Å². The molecular weight excluding hydrogens is 410 g/mol. The van der Waals surface area contributed by atoms with Crippen molar-refractivity contribution in [2.45, 2.75) is 38.8 Å². The lowest BCUT2D eigenvalue weighted by Crippen LogP contribution is -2.44. The van der Waals surface area contributed by atoms with Crippen molar-refractivity contribution in [2.75, 3.05) is 13.7 Å². The molecule has 0 radical (unpaired) electrons. The monoisotopic (exact) mass is 437 g/mol. The molecule has 168 valence electrons. The summed E-state index contributed by atoms with van der Waals surface area (Å²) in [5, 5.41) is 5.43. The molecule has 2 N–H and O–H groups in total. The minimum atomic E-state index is -1.26. The first-order chi connectivity index (χ1) is 15.1. The van der Waals surface area contributed by atoms with Crippen molar-refractivity contribution < 1.29 is 23.9 Å². The number of benzene rings is 2. The molecule has 2 unspecified atom stereocenters. The summed E-state index contributed by atoms with van der Waals surface area (Å²) in [7, 11) is 1.27. The number of amides is 4. The molecular formula is C24H27N3O5. The van der Waals surface area contributed by atoms with Gasteiger partial charge in [0.15, 0.2) is 0 Å². The van der Waals surface area contributed by atoms with Crippen LogP contribution < -0.4 is 10.6 Å². The fourth-order valence-corrected chi connectivity index (χ4v) is 3.61. The van der Waals surface area contributed by atoms with Gasteiger partial charge in [-0.2, -0.15) is 0 Å². The highest BCUT2D eigenvalue weighted by Gasteiger charge is 2.49. The van der Waals surface area contributed by atoms with E-state index in [2.05, 4.69) is 10.6 Å². The zero-order valence-electron chi connectivity index (χ0n) is 18.6. The molecule has 2 atom stereocenters. The van der Waals surface area contributed by atoms with Gasteiger partial charge in [-0.3, -0.25) is 19.3 Å². The maximum atomic E-state index is 13.1. The largest absolute Gasteiger partial charge is 0.469 e. The standard InChI is InChI=1S/C24H27N3O5/c1-15-5-9-17(10-6-15)19(13-21(29)32-4)25-20(28)14-27-22(30)24(3,26-23(27)31)18-11-7-16(2)8-12-18/h5-12,19H,13-14H2,1-4H3,(H,25,28)(H,26,31). The second kappa shape index (κ2) is 9.21. The molecule has 0 saturated carbocycles. The van der Waals surface area contributed by atoms with E-state index in [0.29, 0.717) is 5.56 Å². The average molecular weight is 437 g/mol. The number of carbonyl (C=O) groups is 4. The van der Waals surface area contributed by atoms with Crippen LogP contribution >= 0.6 is 0 Å².